The van der Waals surface area contributed by atoms with Crippen LogP contribution >= 0.6 is 0 Å². The molecule has 0 aliphatic carbocycles. The summed E-state index contributed by atoms with van der Waals surface area (Å²) in [5, 5.41) is 0. The number of rotatable bonds is 4. The summed E-state index contributed by atoms with van der Waals surface area (Å²) in [7, 11) is -3.47. The molecule has 0 aliphatic rings. The minimum absolute atomic E-state index is 0.0770. The van der Waals surface area contributed by atoms with Crippen molar-refractivity contribution in [1.82, 2.24) is 4.72 Å². The van der Waals surface area contributed by atoms with Gasteiger partial charge in [-0.2, -0.15) is 0 Å². The van der Waals surface area contributed by atoms with Crippen LogP contribution in [0.3, 0.4) is 0 Å². The molecule has 0 aliphatic heterocycles. The van der Waals surface area contributed by atoms with Crippen LogP contribution in [0.1, 0.15) is 30.9 Å². The first-order chi connectivity index (χ1) is 7.78. The lowest BCUT2D eigenvalue weighted by atomic mass is 10.00. The second kappa shape index (κ2) is 5.31. The third-order valence-corrected chi connectivity index (χ3v) is 2.88. The SMILES string of the molecule is CC(C)c1cccc(CC(=O)NS(C)(=O)=O)c1. The molecule has 1 aromatic rings. The van der Waals surface area contributed by atoms with Gasteiger partial charge in [0.1, 0.15) is 0 Å². The summed E-state index contributed by atoms with van der Waals surface area (Å²) in [5.74, 6) is -0.124. The van der Waals surface area contributed by atoms with E-state index in [1.165, 1.54) is 0 Å². The van der Waals surface area contributed by atoms with Crippen LogP contribution < -0.4 is 4.72 Å². The van der Waals surface area contributed by atoms with Gasteiger partial charge in [0.15, 0.2) is 0 Å². The lowest BCUT2D eigenvalue weighted by Crippen LogP contribution is -2.30. The first-order valence-corrected chi connectivity index (χ1v) is 7.26. The Hall–Kier alpha value is -1.36. The number of carbonyl (C=O) groups is 1. The average molecular weight is 255 g/mol. The van der Waals surface area contributed by atoms with Crippen molar-refractivity contribution >= 4 is 15.9 Å². The molecule has 0 heterocycles. The Morgan fingerprint density at radius 1 is 1.35 bits per heavy atom. The van der Waals surface area contributed by atoms with Crippen LogP contribution in [0.2, 0.25) is 0 Å². The number of hydrogen-bond acceptors (Lipinski definition) is 3. The maximum atomic E-state index is 11.4. The van der Waals surface area contributed by atoms with Crippen LogP contribution in [0.5, 0.6) is 0 Å². The number of carbonyl (C=O) groups excluding carboxylic acids is 1. The molecule has 0 aromatic heterocycles. The molecule has 0 spiro atoms. The Bertz CT molecular complexity index is 506. The summed E-state index contributed by atoms with van der Waals surface area (Å²) < 4.78 is 23.7. The lowest BCUT2D eigenvalue weighted by molar-refractivity contribution is -0.118. The van der Waals surface area contributed by atoms with E-state index in [2.05, 4.69) is 13.8 Å². The zero-order valence-corrected chi connectivity index (χ0v) is 11.0. The van der Waals surface area contributed by atoms with Gasteiger partial charge in [-0.15, -0.1) is 0 Å². The molecule has 0 radical (unpaired) electrons. The van der Waals surface area contributed by atoms with Crippen LogP contribution in [-0.2, 0) is 21.2 Å². The van der Waals surface area contributed by atoms with E-state index >= 15 is 0 Å². The average Bonchev–Trinajstić information content (AvgIpc) is 2.14. The predicted molar refractivity (Wildman–Crippen MR) is 67.2 cm³/mol. The van der Waals surface area contributed by atoms with E-state index in [0.29, 0.717) is 5.92 Å². The lowest BCUT2D eigenvalue weighted by Gasteiger charge is -2.08. The number of nitrogens with one attached hydrogen (secondary N) is 1. The Labute approximate surface area is 102 Å². The molecule has 0 unspecified atom stereocenters. The fourth-order valence-electron chi connectivity index (χ4n) is 1.49. The molecule has 0 bridgehead atoms. The summed E-state index contributed by atoms with van der Waals surface area (Å²) >= 11 is 0. The summed E-state index contributed by atoms with van der Waals surface area (Å²) in [6.07, 6.45) is 1.04. The molecule has 1 aromatic carbocycles. The van der Waals surface area contributed by atoms with Gasteiger partial charge in [0.05, 0.1) is 12.7 Å². The molecule has 1 N–H and O–H groups in total. The molecule has 5 heteroatoms. The van der Waals surface area contributed by atoms with E-state index in [4.69, 9.17) is 0 Å². The van der Waals surface area contributed by atoms with E-state index in [9.17, 15) is 13.2 Å². The smallest absolute Gasteiger partial charge is 0.237 e. The van der Waals surface area contributed by atoms with Crippen LogP contribution in [0.15, 0.2) is 24.3 Å². The highest BCUT2D eigenvalue weighted by Crippen LogP contribution is 2.15. The fourth-order valence-corrected chi connectivity index (χ4v) is 1.98. The molecule has 94 valence electrons. The monoisotopic (exact) mass is 255 g/mol. The van der Waals surface area contributed by atoms with Gasteiger partial charge in [0, 0.05) is 0 Å². The standard InChI is InChI=1S/C12H17NO3S/c1-9(2)11-6-4-5-10(7-11)8-12(14)13-17(3,15)16/h4-7,9H,8H2,1-3H3,(H,13,14). The van der Waals surface area contributed by atoms with Crippen molar-refractivity contribution in [3.05, 3.63) is 35.4 Å². The third-order valence-electron chi connectivity index (χ3n) is 2.28. The topological polar surface area (TPSA) is 63.2 Å². The van der Waals surface area contributed by atoms with Crippen LogP contribution in [-0.4, -0.2) is 20.6 Å². The third kappa shape index (κ3) is 4.99. The van der Waals surface area contributed by atoms with Gasteiger partial charge in [-0.3, -0.25) is 9.52 Å². The maximum Gasteiger partial charge on any atom is 0.237 e. The fraction of sp³-hybridized carbons (Fsp3) is 0.417. The van der Waals surface area contributed by atoms with E-state index < -0.39 is 15.9 Å². The number of hydrogen-bond donors (Lipinski definition) is 1. The van der Waals surface area contributed by atoms with E-state index in [0.717, 1.165) is 17.4 Å². The van der Waals surface area contributed by atoms with Crippen molar-refractivity contribution in [1.29, 1.82) is 0 Å². The second-order valence-corrected chi connectivity index (χ2v) is 6.12. The number of sulfonamides is 1. The zero-order chi connectivity index (χ0) is 13.1. The molecular formula is C12H17NO3S. The highest BCUT2D eigenvalue weighted by Gasteiger charge is 2.09. The van der Waals surface area contributed by atoms with Crippen molar-refractivity contribution in [2.45, 2.75) is 26.2 Å². The Balaban J connectivity index is 2.75. The Kier molecular flexibility index (Phi) is 4.28. The number of benzene rings is 1. The van der Waals surface area contributed by atoms with E-state index in [-0.39, 0.29) is 6.42 Å². The summed E-state index contributed by atoms with van der Waals surface area (Å²) in [4.78, 5) is 11.4. The van der Waals surface area contributed by atoms with E-state index in [1.54, 1.807) is 0 Å². The molecular weight excluding hydrogens is 238 g/mol. The molecule has 1 rings (SSSR count). The quantitative estimate of drug-likeness (QED) is 0.885. The molecule has 0 saturated heterocycles. The normalized spacial score (nSPS) is 11.5. The molecule has 17 heavy (non-hydrogen) atoms. The van der Waals surface area contributed by atoms with Crippen molar-refractivity contribution in [3.63, 3.8) is 0 Å². The van der Waals surface area contributed by atoms with Crippen molar-refractivity contribution < 1.29 is 13.2 Å². The van der Waals surface area contributed by atoms with Crippen molar-refractivity contribution in [2.24, 2.45) is 0 Å². The first kappa shape index (κ1) is 13.7. The molecule has 0 fully saturated rings. The van der Waals surface area contributed by atoms with Crippen LogP contribution in [0.4, 0.5) is 0 Å². The van der Waals surface area contributed by atoms with Gasteiger partial charge in [-0.05, 0) is 17.0 Å². The summed E-state index contributed by atoms with van der Waals surface area (Å²) in [6, 6.07) is 7.60. The minimum atomic E-state index is -3.47. The number of amides is 1. The summed E-state index contributed by atoms with van der Waals surface area (Å²) in [5.41, 5.74) is 1.95. The van der Waals surface area contributed by atoms with Gasteiger partial charge in [0.25, 0.3) is 0 Å². The van der Waals surface area contributed by atoms with Crippen LogP contribution in [0, 0.1) is 0 Å². The second-order valence-electron chi connectivity index (χ2n) is 4.37. The van der Waals surface area contributed by atoms with Gasteiger partial charge >= 0.3 is 0 Å². The van der Waals surface area contributed by atoms with Crippen molar-refractivity contribution in [3.8, 4) is 0 Å². The van der Waals surface area contributed by atoms with E-state index in [1.807, 2.05) is 29.0 Å². The Morgan fingerprint density at radius 2 is 2.00 bits per heavy atom. The highest BCUT2D eigenvalue weighted by atomic mass is 32.2. The van der Waals surface area contributed by atoms with Gasteiger partial charge in [-0.25, -0.2) is 8.42 Å². The highest BCUT2D eigenvalue weighted by molar-refractivity contribution is 7.89. The van der Waals surface area contributed by atoms with Gasteiger partial charge in [0.2, 0.25) is 15.9 Å². The van der Waals surface area contributed by atoms with Crippen LogP contribution in [0.25, 0.3) is 0 Å². The zero-order valence-electron chi connectivity index (χ0n) is 10.2. The molecule has 4 nitrogen and oxygen atoms in total. The molecule has 0 atom stereocenters. The Morgan fingerprint density at radius 3 is 2.53 bits per heavy atom. The summed E-state index contributed by atoms with van der Waals surface area (Å²) in [6.45, 7) is 4.13. The first-order valence-electron chi connectivity index (χ1n) is 5.37. The van der Waals surface area contributed by atoms with Crippen molar-refractivity contribution in [2.75, 3.05) is 6.26 Å². The maximum absolute atomic E-state index is 11.4. The molecule has 1 amide bonds. The molecule has 0 saturated carbocycles. The van der Waals surface area contributed by atoms with Gasteiger partial charge < -0.3 is 0 Å². The minimum Gasteiger partial charge on any atom is -0.274 e. The van der Waals surface area contributed by atoms with Gasteiger partial charge in [-0.1, -0.05) is 38.1 Å². The largest absolute Gasteiger partial charge is 0.274 e. The predicted octanol–water partition coefficient (Wildman–Crippen LogP) is 1.43.